The molecule has 0 fully saturated rings. The molecule has 110 valence electrons. The summed E-state index contributed by atoms with van der Waals surface area (Å²) in [4.78, 5) is 8.81. The van der Waals surface area contributed by atoms with Crippen molar-refractivity contribution in [2.75, 3.05) is 7.05 Å². The lowest BCUT2D eigenvalue weighted by molar-refractivity contribution is 0.367. The van der Waals surface area contributed by atoms with Crippen molar-refractivity contribution in [1.82, 2.24) is 20.4 Å². The minimum Gasteiger partial charge on any atom is -0.441 e. The largest absolute Gasteiger partial charge is 0.441 e. The molecule has 1 N–H and O–H groups in total. The number of rotatable bonds is 6. The van der Waals surface area contributed by atoms with Crippen molar-refractivity contribution in [2.45, 2.75) is 32.2 Å². The van der Waals surface area contributed by atoms with Crippen LogP contribution in [0.2, 0.25) is 0 Å². The minimum atomic E-state index is 0.326. The summed E-state index contributed by atoms with van der Waals surface area (Å²) in [7, 11) is 1.92. The molecule has 1 atom stereocenters. The van der Waals surface area contributed by atoms with Crippen molar-refractivity contribution in [3.05, 3.63) is 41.9 Å². The lowest BCUT2D eigenvalue weighted by atomic mass is 10.2. The molecule has 2 heterocycles. The molecule has 1 unspecified atom stereocenters. The van der Waals surface area contributed by atoms with E-state index in [1.165, 1.54) is 0 Å². The first-order valence-electron chi connectivity index (χ1n) is 7.08. The topological polar surface area (TPSA) is 77.0 Å². The van der Waals surface area contributed by atoms with Gasteiger partial charge in [-0.3, -0.25) is 0 Å². The first-order valence-corrected chi connectivity index (χ1v) is 7.08. The number of hydrogen-bond acceptors (Lipinski definition) is 6. The number of hydrogen-bond donors (Lipinski definition) is 1. The number of aromatic nitrogens is 3. The Kier molecular flexibility index (Phi) is 3.96. The molecule has 0 amide bonds. The number of nitrogens with one attached hydrogen (secondary N) is 1. The predicted molar refractivity (Wildman–Crippen MR) is 77.9 cm³/mol. The van der Waals surface area contributed by atoms with E-state index in [1.54, 1.807) is 0 Å². The summed E-state index contributed by atoms with van der Waals surface area (Å²) in [5, 5.41) is 7.13. The van der Waals surface area contributed by atoms with Crippen molar-refractivity contribution in [3.8, 4) is 0 Å². The van der Waals surface area contributed by atoms with Gasteiger partial charge in [-0.15, -0.1) is 0 Å². The van der Waals surface area contributed by atoms with E-state index in [-0.39, 0.29) is 0 Å². The van der Waals surface area contributed by atoms with Gasteiger partial charge in [-0.05, 0) is 26.1 Å². The first-order chi connectivity index (χ1) is 10.2. The van der Waals surface area contributed by atoms with Gasteiger partial charge in [0.2, 0.25) is 5.89 Å². The van der Waals surface area contributed by atoms with Crippen LogP contribution in [-0.4, -0.2) is 28.2 Å². The van der Waals surface area contributed by atoms with Crippen LogP contribution < -0.4 is 5.32 Å². The van der Waals surface area contributed by atoms with Crippen molar-refractivity contribution in [2.24, 2.45) is 0 Å². The first kappa shape index (κ1) is 13.8. The highest BCUT2D eigenvalue weighted by Crippen LogP contribution is 2.16. The normalized spacial score (nSPS) is 12.9. The Morgan fingerprint density at radius 2 is 1.95 bits per heavy atom. The molecule has 0 aliphatic heterocycles. The molecule has 0 bridgehead atoms. The maximum Gasteiger partial charge on any atom is 0.227 e. The average molecular weight is 286 g/mol. The molecule has 0 spiro atoms. The number of para-hydroxylation sites is 2. The Balaban J connectivity index is 1.62. The number of likely N-dealkylation sites (N-methyl/N-ethyl adjacent to an activating group) is 1. The summed E-state index contributed by atoms with van der Waals surface area (Å²) in [5.74, 6) is 2.04. The summed E-state index contributed by atoms with van der Waals surface area (Å²) in [6, 6.07) is 8.06. The third-order valence-electron chi connectivity index (χ3n) is 3.38. The van der Waals surface area contributed by atoms with E-state index in [0.29, 0.717) is 30.7 Å². The second-order valence-electron chi connectivity index (χ2n) is 5.07. The van der Waals surface area contributed by atoms with Gasteiger partial charge in [-0.1, -0.05) is 17.3 Å². The fourth-order valence-electron chi connectivity index (χ4n) is 2.09. The van der Waals surface area contributed by atoms with Gasteiger partial charge < -0.3 is 14.3 Å². The molecule has 3 aromatic rings. The number of aryl methyl sites for hydroxylation is 2. The zero-order chi connectivity index (χ0) is 14.7. The lowest BCUT2D eigenvalue weighted by Gasteiger charge is -2.04. The van der Waals surface area contributed by atoms with Gasteiger partial charge in [-0.2, -0.15) is 4.98 Å². The van der Waals surface area contributed by atoms with Gasteiger partial charge in [0.15, 0.2) is 17.3 Å². The molecule has 0 saturated heterocycles. The van der Waals surface area contributed by atoms with Crippen LogP contribution in [0.1, 0.15) is 24.5 Å². The van der Waals surface area contributed by atoms with Crippen molar-refractivity contribution in [3.63, 3.8) is 0 Å². The minimum absolute atomic E-state index is 0.326. The van der Waals surface area contributed by atoms with Crippen molar-refractivity contribution >= 4 is 11.1 Å². The summed E-state index contributed by atoms with van der Waals surface area (Å²) in [5.41, 5.74) is 1.68. The molecule has 1 aromatic carbocycles. The predicted octanol–water partition coefficient (Wildman–Crippen LogP) is 2.15. The van der Waals surface area contributed by atoms with E-state index in [2.05, 4.69) is 27.4 Å². The standard InChI is InChI=1S/C15H18N4O2/c1-10(16-2)9-13-18-15(21-19-13)8-7-14-17-11-5-3-4-6-12(11)20-14/h3-6,10,16H,7-9H2,1-2H3. The Morgan fingerprint density at radius 3 is 2.76 bits per heavy atom. The molecule has 2 aromatic heterocycles. The van der Waals surface area contributed by atoms with Gasteiger partial charge in [-0.25, -0.2) is 4.98 Å². The van der Waals surface area contributed by atoms with Gasteiger partial charge in [0.1, 0.15) is 5.52 Å². The highest BCUT2D eigenvalue weighted by atomic mass is 16.5. The van der Waals surface area contributed by atoms with Crippen LogP contribution in [0.3, 0.4) is 0 Å². The maximum atomic E-state index is 5.67. The summed E-state index contributed by atoms with van der Waals surface area (Å²) >= 11 is 0. The third-order valence-corrected chi connectivity index (χ3v) is 3.38. The van der Waals surface area contributed by atoms with Crippen LogP contribution in [0.5, 0.6) is 0 Å². The monoisotopic (exact) mass is 286 g/mol. The van der Waals surface area contributed by atoms with Crippen LogP contribution in [0, 0.1) is 0 Å². The SMILES string of the molecule is CNC(C)Cc1noc(CCc2nc3ccccc3o2)n1. The number of oxazole rings is 1. The second kappa shape index (κ2) is 6.05. The van der Waals surface area contributed by atoms with Crippen LogP contribution in [-0.2, 0) is 19.3 Å². The van der Waals surface area contributed by atoms with Gasteiger partial charge >= 0.3 is 0 Å². The van der Waals surface area contributed by atoms with E-state index >= 15 is 0 Å². The second-order valence-corrected chi connectivity index (χ2v) is 5.07. The molecule has 21 heavy (non-hydrogen) atoms. The van der Waals surface area contributed by atoms with E-state index in [9.17, 15) is 0 Å². The lowest BCUT2D eigenvalue weighted by Crippen LogP contribution is -2.24. The molecule has 6 heteroatoms. The Bertz CT molecular complexity index is 686. The molecule has 0 saturated carbocycles. The number of fused-ring (bicyclic) bond motifs is 1. The zero-order valence-electron chi connectivity index (χ0n) is 12.2. The van der Waals surface area contributed by atoms with Gasteiger partial charge in [0, 0.05) is 25.3 Å². The maximum absolute atomic E-state index is 5.67. The summed E-state index contributed by atoms with van der Waals surface area (Å²) in [6.45, 7) is 2.08. The highest BCUT2D eigenvalue weighted by Gasteiger charge is 2.11. The fourth-order valence-corrected chi connectivity index (χ4v) is 2.09. The van der Waals surface area contributed by atoms with Crippen molar-refractivity contribution in [1.29, 1.82) is 0 Å². The van der Waals surface area contributed by atoms with Crippen LogP contribution in [0.15, 0.2) is 33.2 Å². The highest BCUT2D eigenvalue weighted by molar-refractivity contribution is 5.72. The number of nitrogens with zero attached hydrogens (tertiary/aromatic N) is 3. The van der Waals surface area contributed by atoms with E-state index in [0.717, 1.165) is 23.3 Å². The average Bonchev–Trinajstić information content (AvgIpc) is 3.10. The van der Waals surface area contributed by atoms with Crippen LogP contribution in [0.25, 0.3) is 11.1 Å². The molecule has 0 aliphatic rings. The molecule has 0 aliphatic carbocycles. The summed E-state index contributed by atoms with van der Waals surface area (Å²) < 4.78 is 10.9. The van der Waals surface area contributed by atoms with E-state index < -0.39 is 0 Å². The Morgan fingerprint density at radius 1 is 1.14 bits per heavy atom. The Labute approximate surface area is 122 Å². The third kappa shape index (κ3) is 3.28. The van der Waals surface area contributed by atoms with E-state index in [1.807, 2.05) is 31.3 Å². The van der Waals surface area contributed by atoms with Gasteiger partial charge in [0.05, 0.1) is 0 Å². The molecular weight excluding hydrogens is 268 g/mol. The fraction of sp³-hybridized carbons (Fsp3) is 0.400. The van der Waals surface area contributed by atoms with Crippen molar-refractivity contribution < 1.29 is 8.94 Å². The molecule has 3 rings (SSSR count). The molecule has 6 nitrogen and oxygen atoms in total. The van der Waals surface area contributed by atoms with Gasteiger partial charge in [0.25, 0.3) is 0 Å². The van der Waals surface area contributed by atoms with Crippen LogP contribution in [0.4, 0.5) is 0 Å². The number of benzene rings is 1. The quantitative estimate of drug-likeness (QED) is 0.748. The molecular formula is C15H18N4O2. The zero-order valence-corrected chi connectivity index (χ0v) is 12.2. The smallest absolute Gasteiger partial charge is 0.227 e. The molecule has 0 radical (unpaired) electrons. The summed E-state index contributed by atoms with van der Waals surface area (Å²) in [6.07, 6.45) is 2.04. The van der Waals surface area contributed by atoms with Crippen LogP contribution >= 0.6 is 0 Å². The Hall–Kier alpha value is -2.21. The van der Waals surface area contributed by atoms with E-state index in [4.69, 9.17) is 8.94 Å².